The summed E-state index contributed by atoms with van der Waals surface area (Å²) >= 11 is 0. The number of fused-ring (bicyclic) bond motifs is 4. The van der Waals surface area contributed by atoms with Crippen LogP contribution in [0.2, 0.25) is 0 Å². The molecule has 3 aliphatic rings. The van der Waals surface area contributed by atoms with Crippen LogP contribution in [0.15, 0.2) is 48.1 Å². The van der Waals surface area contributed by atoms with E-state index < -0.39 is 0 Å². The number of aryl methyl sites for hydroxylation is 1. The molecule has 2 aromatic rings. The van der Waals surface area contributed by atoms with Crippen molar-refractivity contribution < 1.29 is 0 Å². The quantitative estimate of drug-likeness (QED) is 0.577. The molecule has 1 nitrogen and oxygen atoms in total. The fraction of sp³-hybridized carbons (Fsp3) is 0.462. The lowest BCUT2D eigenvalue weighted by atomic mass is 9.79. The average molecular weight is 358 g/mol. The van der Waals surface area contributed by atoms with Crippen LogP contribution in [0.1, 0.15) is 63.0 Å². The van der Waals surface area contributed by atoms with E-state index in [1.807, 2.05) is 0 Å². The molecule has 140 valence electrons. The van der Waals surface area contributed by atoms with Crippen LogP contribution in [0.5, 0.6) is 0 Å². The van der Waals surface area contributed by atoms with Crippen molar-refractivity contribution in [3.8, 4) is 0 Å². The molecular formula is C26H31N. The van der Waals surface area contributed by atoms with Gasteiger partial charge in [-0.15, -0.1) is 0 Å². The number of allylic oxidation sites excluding steroid dienone is 4. The molecule has 0 aromatic heterocycles. The van der Waals surface area contributed by atoms with Crippen molar-refractivity contribution in [2.75, 3.05) is 11.9 Å². The van der Waals surface area contributed by atoms with Gasteiger partial charge in [0.15, 0.2) is 0 Å². The van der Waals surface area contributed by atoms with Crippen LogP contribution in [0.3, 0.4) is 0 Å². The van der Waals surface area contributed by atoms with Gasteiger partial charge in [0, 0.05) is 18.8 Å². The van der Waals surface area contributed by atoms with Crippen molar-refractivity contribution in [3.05, 3.63) is 59.2 Å². The fourth-order valence-electron chi connectivity index (χ4n) is 5.64. The first-order valence-electron chi connectivity index (χ1n) is 10.9. The molecule has 0 saturated heterocycles. The zero-order valence-electron chi connectivity index (χ0n) is 16.8. The first kappa shape index (κ1) is 17.1. The third-order valence-electron chi connectivity index (χ3n) is 7.46. The normalized spacial score (nSPS) is 20.7. The Morgan fingerprint density at radius 3 is 2.70 bits per heavy atom. The zero-order chi connectivity index (χ0) is 18.4. The third-order valence-corrected chi connectivity index (χ3v) is 7.46. The van der Waals surface area contributed by atoms with Crippen LogP contribution in [0.4, 0.5) is 5.69 Å². The molecule has 27 heavy (non-hydrogen) atoms. The second-order valence-corrected chi connectivity index (χ2v) is 8.85. The van der Waals surface area contributed by atoms with E-state index in [4.69, 9.17) is 0 Å². The lowest BCUT2D eigenvalue weighted by molar-refractivity contribution is 0.442. The molecule has 0 spiro atoms. The largest absolute Gasteiger partial charge is 0.372 e. The molecule has 0 bridgehead atoms. The van der Waals surface area contributed by atoms with Crippen molar-refractivity contribution in [1.82, 2.24) is 0 Å². The summed E-state index contributed by atoms with van der Waals surface area (Å²) in [6.07, 6.45) is 15.3. The van der Waals surface area contributed by atoms with Gasteiger partial charge in [-0.25, -0.2) is 0 Å². The number of benzene rings is 2. The number of anilines is 1. The van der Waals surface area contributed by atoms with Gasteiger partial charge in [-0.1, -0.05) is 48.8 Å². The van der Waals surface area contributed by atoms with E-state index in [0.29, 0.717) is 6.04 Å². The van der Waals surface area contributed by atoms with Crippen molar-refractivity contribution in [2.24, 2.45) is 5.92 Å². The minimum Gasteiger partial charge on any atom is -0.372 e. The van der Waals surface area contributed by atoms with E-state index in [1.165, 1.54) is 79.0 Å². The molecule has 0 radical (unpaired) electrons. The van der Waals surface area contributed by atoms with Crippen LogP contribution >= 0.6 is 0 Å². The first-order chi connectivity index (χ1) is 13.2. The molecule has 3 aliphatic carbocycles. The highest BCUT2D eigenvalue weighted by molar-refractivity contribution is 5.95. The van der Waals surface area contributed by atoms with Gasteiger partial charge in [-0.05, 0) is 91.0 Å². The maximum Gasteiger partial charge on any atom is 0.0372 e. The summed E-state index contributed by atoms with van der Waals surface area (Å²) in [5.74, 6) is 0.859. The van der Waals surface area contributed by atoms with Crippen LogP contribution in [-0.4, -0.2) is 13.1 Å². The minimum absolute atomic E-state index is 0.627. The molecule has 1 atom stereocenters. The maximum atomic E-state index is 2.51. The molecule has 1 saturated carbocycles. The number of hydrogen-bond acceptors (Lipinski definition) is 1. The maximum absolute atomic E-state index is 2.51. The number of nitrogens with zero attached hydrogens (tertiary/aromatic N) is 1. The Bertz CT molecular complexity index is 927. The van der Waals surface area contributed by atoms with Gasteiger partial charge in [-0.3, -0.25) is 0 Å². The Kier molecular flexibility index (Phi) is 4.34. The smallest absolute Gasteiger partial charge is 0.0372 e. The minimum atomic E-state index is 0.627. The summed E-state index contributed by atoms with van der Waals surface area (Å²) in [5.41, 5.74) is 7.61. The Hall–Kier alpha value is -2.02. The van der Waals surface area contributed by atoms with E-state index in [9.17, 15) is 0 Å². The SMILES string of the molecule is CC(C1CCCC1)N(C)c1ccc2c3c(ccc2c1)C1=C(CCC=C1)CC3. The van der Waals surface area contributed by atoms with Crippen LogP contribution in [-0.2, 0) is 6.42 Å². The highest BCUT2D eigenvalue weighted by Gasteiger charge is 2.25. The Balaban J connectivity index is 1.51. The Morgan fingerprint density at radius 1 is 1.00 bits per heavy atom. The average Bonchev–Trinajstić information content (AvgIpc) is 3.26. The van der Waals surface area contributed by atoms with Crippen molar-refractivity contribution in [2.45, 2.75) is 64.3 Å². The monoisotopic (exact) mass is 357 g/mol. The van der Waals surface area contributed by atoms with E-state index in [2.05, 4.69) is 61.4 Å². The molecule has 5 rings (SSSR count). The molecule has 0 heterocycles. The fourth-order valence-corrected chi connectivity index (χ4v) is 5.64. The van der Waals surface area contributed by atoms with Gasteiger partial charge in [0.1, 0.15) is 0 Å². The van der Waals surface area contributed by atoms with E-state index in [0.717, 1.165) is 5.92 Å². The Morgan fingerprint density at radius 2 is 1.85 bits per heavy atom. The van der Waals surface area contributed by atoms with E-state index in [-0.39, 0.29) is 0 Å². The lowest BCUT2D eigenvalue weighted by Gasteiger charge is -2.32. The van der Waals surface area contributed by atoms with Crippen LogP contribution in [0, 0.1) is 5.92 Å². The van der Waals surface area contributed by atoms with Crippen molar-refractivity contribution >= 4 is 22.0 Å². The van der Waals surface area contributed by atoms with Crippen LogP contribution in [0.25, 0.3) is 16.3 Å². The van der Waals surface area contributed by atoms with Crippen LogP contribution < -0.4 is 4.90 Å². The molecule has 1 unspecified atom stereocenters. The predicted octanol–water partition coefficient (Wildman–Crippen LogP) is 6.90. The summed E-state index contributed by atoms with van der Waals surface area (Å²) in [6, 6.07) is 12.5. The van der Waals surface area contributed by atoms with Gasteiger partial charge in [0.25, 0.3) is 0 Å². The number of rotatable bonds is 3. The van der Waals surface area contributed by atoms with Gasteiger partial charge in [0.05, 0.1) is 0 Å². The summed E-state index contributed by atoms with van der Waals surface area (Å²) in [4.78, 5) is 2.51. The predicted molar refractivity (Wildman–Crippen MR) is 117 cm³/mol. The highest BCUT2D eigenvalue weighted by Crippen LogP contribution is 2.40. The Labute approximate surface area is 163 Å². The molecule has 0 amide bonds. The molecule has 0 N–H and O–H groups in total. The summed E-state index contributed by atoms with van der Waals surface area (Å²) in [7, 11) is 2.28. The molecular weight excluding hydrogens is 326 g/mol. The summed E-state index contributed by atoms with van der Waals surface area (Å²) in [5, 5.41) is 2.87. The van der Waals surface area contributed by atoms with Gasteiger partial charge < -0.3 is 4.90 Å². The molecule has 0 aliphatic heterocycles. The summed E-state index contributed by atoms with van der Waals surface area (Å²) < 4.78 is 0. The highest BCUT2D eigenvalue weighted by atomic mass is 15.1. The summed E-state index contributed by atoms with van der Waals surface area (Å²) in [6.45, 7) is 2.41. The second-order valence-electron chi connectivity index (χ2n) is 8.85. The van der Waals surface area contributed by atoms with Gasteiger partial charge in [0.2, 0.25) is 0 Å². The second kappa shape index (κ2) is 6.86. The molecule has 2 aromatic carbocycles. The van der Waals surface area contributed by atoms with Crippen molar-refractivity contribution in [3.63, 3.8) is 0 Å². The standard InChI is InChI=1S/C26H31N/c1-18(19-7-3-4-8-19)27(2)22-13-16-24-21(17-22)12-15-25-23-10-6-5-9-20(23)11-14-26(24)25/h6,10,12-13,15-19H,3-5,7-9,11,14H2,1-2H3. The van der Waals surface area contributed by atoms with Gasteiger partial charge >= 0.3 is 0 Å². The topological polar surface area (TPSA) is 3.24 Å². The number of hydrogen-bond donors (Lipinski definition) is 0. The lowest BCUT2D eigenvalue weighted by Crippen LogP contribution is -2.34. The first-order valence-corrected chi connectivity index (χ1v) is 10.9. The van der Waals surface area contributed by atoms with E-state index >= 15 is 0 Å². The van der Waals surface area contributed by atoms with Gasteiger partial charge in [-0.2, -0.15) is 0 Å². The molecule has 1 fully saturated rings. The third kappa shape index (κ3) is 2.92. The molecule has 1 heteroatoms. The zero-order valence-corrected chi connectivity index (χ0v) is 16.8. The van der Waals surface area contributed by atoms with Crippen molar-refractivity contribution in [1.29, 1.82) is 0 Å². The van der Waals surface area contributed by atoms with E-state index in [1.54, 1.807) is 11.1 Å².